The summed E-state index contributed by atoms with van der Waals surface area (Å²) in [5.74, 6) is -1.38. The highest BCUT2D eigenvalue weighted by Crippen LogP contribution is 2.22. The van der Waals surface area contributed by atoms with E-state index in [9.17, 15) is 9.90 Å². The summed E-state index contributed by atoms with van der Waals surface area (Å²) in [5, 5.41) is 9.53. The van der Waals surface area contributed by atoms with Crippen LogP contribution in [0.5, 0.6) is 0 Å². The molecular formula is C15H20O5. The van der Waals surface area contributed by atoms with E-state index in [1.807, 2.05) is 30.3 Å². The van der Waals surface area contributed by atoms with E-state index < -0.39 is 18.2 Å². The van der Waals surface area contributed by atoms with Crippen LogP contribution in [0, 0.1) is 0 Å². The van der Waals surface area contributed by atoms with Crippen LogP contribution in [0.15, 0.2) is 30.3 Å². The van der Waals surface area contributed by atoms with Crippen LogP contribution in [0.4, 0.5) is 0 Å². The van der Waals surface area contributed by atoms with E-state index in [2.05, 4.69) is 0 Å². The number of hydrogen-bond acceptors (Lipinski definition) is 5. The summed E-state index contributed by atoms with van der Waals surface area (Å²) in [6, 6.07) is 9.72. The van der Waals surface area contributed by atoms with Crippen LogP contribution < -0.4 is 0 Å². The third-order valence-electron chi connectivity index (χ3n) is 2.84. The molecule has 0 saturated carbocycles. The van der Waals surface area contributed by atoms with Crippen molar-refractivity contribution < 1.29 is 24.1 Å². The zero-order valence-corrected chi connectivity index (χ0v) is 11.7. The SMILES string of the molecule is CC(C)(O)O[C@@H]1CC(=O)[C@@H](COCc2ccccc2)O1. The Kier molecular flexibility index (Phi) is 4.88. The molecule has 0 aliphatic carbocycles. The van der Waals surface area contributed by atoms with Crippen molar-refractivity contribution in [3.8, 4) is 0 Å². The summed E-state index contributed by atoms with van der Waals surface area (Å²) in [4.78, 5) is 11.7. The van der Waals surface area contributed by atoms with Crippen molar-refractivity contribution in [3.05, 3.63) is 35.9 Å². The highest BCUT2D eigenvalue weighted by Gasteiger charge is 2.36. The summed E-state index contributed by atoms with van der Waals surface area (Å²) in [5.41, 5.74) is 1.04. The van der Waals surface area contributed by atoms with Gasteiger partial charge in [0.25, 0.3) is 0 Å². The fraction of sp³-hybridized carbons (Fsp3) is 0.533. The maximum atomic E-state index is 11.7. The molecule has 1 saturated heterocycles. The molecule has 2 atom stereocenters. The molecule has 0 spiro atoms. The van der Waals surface area contributed by atoms with Crippen LogP contribution in [0.1, 0.15) is 25.8 Å². The lowest BCUT2D eigenvalue weighted by atomic mass is 10.2. The van der Waals surface area contributed by atoms with Gasteiger partial charge >= 0.3 is 0 Å². The van der Waals surface area contributed by atoms with Crippen LogP contribution in [-0.4, -0.2) is 35.7 Å². The number of benzene rings is 1. The molecule has 5 nitrogen and oxygen atoms in total. The lowest BCUT2D eigenvalue weighted by molar-refractivity contribution is -0.270. The Morgan fingerprint density at radius 3 is 2.70 bits per heavy atom. The standard InChI is InChI=1S/C15H20O5/c1-15(2,17)20-14-8-12(16)13(19-14)10-18-9-11-6-4-3-5-7-11/h3-7,13-14,17H,8-10H2,1-2H3/t13-,14-/m1/s1. The third-order valence-corrected chi connectivity index (χ3v) is 2.84. The minimum atomic E-state index is -1.31. The fourth-order valence-corrected chi connectivity index (χ4v) is 1.98. The summed E-state index contributed by atoms with van der Waals surface area (Å²) in [6.45, 7) is 3.63. The van der Waals surface area contributed by atoms with Gasteiger partial charge in [-0.05, 0) is 19.4 Å². The predicted octanol–water partition coefficient (Wildman–Crippen LogP) is 1.63. The molecule has 1 aliphatic heterocycles. The summed E-state index contributed by atoms with van der Waals surface area (Å²) in [6.07, 6.45) is -1.18. The maximum Gasteiger partial charge on any atom is 0.169 e. The van der Waals surface area contributed by atoms with Crippen molar-refractivity contribution in [2.45, 2.75) is 45.1 Å². The molecule has 0 radical (unpaired) electrons. The third kappa shape index (κ3) is 4.68. The van der Waals surface area contributed by atoms with Crippen molar-refractivity contribution in [3.63, 3.8) is 0 Å². The first-order valence-corrected chi connectivity index (χ1v) is 6.64. The molecule has 1 N–H and O–H groups in total. The average Bonchev–Trinajstić information content (AvgIpc) is 2.68. The van der Waals surface area contributed by atoms with Crippen molar-refractivity contribution in [2.75, 3.05) is 6.61 Å². The Morgan fingerprint density at radius 2 is 2.05 bits per heavy atom. The number of aliphatic hydroxyl groups is 1. The van der Waals surface area contributed by atoms with Gasteiger partial charge in [0.05, 0.1) is 19.6 Å². The van der Waals surface area contributed by atoms with Crippen molar-refractivity contribution in [1.29, 1.82) is 0 Å². The Labute approximate surface area is 118 Å². The monoisotopic (exact) mass is 280 g/mol. The van der Waals surface area contributed by atoms with Crippen LogP contribution in [-0.2, 0) is 25.6 Å². The highest BCUT2D eigenvalue weighted by molar-refractivity contribution is 5.85. The van der Waals surface area contributed by atoms with E-state index in [1.54, 1.807) is 0 Å². The molecular weight excluding hydrogens is 260 g/mol. The minimum Gasteiger partial charge on any atom is -0.374 e. The zero-order chi connectivity index (χ0) is 14.6. The van der Waals surface area contributed by atoms with E-state index in [1.165, 1.54) is 13.8 Å². The first-order chi connectivity index (χ1) is 9.44. The Bertz CT molecular complexity index is 437. The molecule has 1 fully saturated rings. The number of carbonyl (C=O) groups is 1. The zero-order valence-electron chi connectivity index (χ0n) is 11.7. The number of hydrogen-bond donors (Lipinski definition) is 1. The van der Waals surface area contributed by atoms with E-state index >= 15 is 0 Å². The Hall–Kier alpha value is -1.27. The normalized spacial score (nSPS) is 23.2. The molecule has 2 rings (SSSR count). The molecule has 0 aromatic heterocycles. The second-order valence-electron chi connectivity index (χ2n) is 5.29. The van der Waals surface area contributed by atoms with Crippen LogP contribution in [0.3, 0.4) is 0 Å². The van der Waals surface area contributed by atoms with Crippen molar-refractivity contribution in [1.82, 2.24) is 0 Å². The van der Waals surface area contributed by atoms with Gasteiger partial charge in [-0.2, -0.15) is 0 Å². The van der Waals surface area contributed by atoms with Gasteiger partial charge in [0, 0.05) is 0 Å². The molecule has 20 heavy (non-hydrogen) atoms. The van der Waals surface area contributed by atoms with Gasteiger partial charge in [-0.1, -0.05) is 30.3 Å². The lowest BCUT2D eigenvalue weighted by Gasteiger charge is -2.22. The number of Topliss-reactive ketones (excluding diaryl/α,β-unsaturated/α-hetero) is 1. The van der Waals surface area contributed by atoms with Crippen LogP contribution in [0.2, 0.25) is 0 Å². The number of carbonyl (C=O) groups excluding carboxylic acids is 1. The van der Waals surface area contributed by atoms with E-state index in [0.717, 1.165) is 5.56 Å². The summed E-state index contributed by atoms with van der Waals surface area (Å²) in [7, 11) is 0. The molecule has 0 bridgehead atoms. The van der Waals surface area contributed by atoms with E-state index in [-0.39, 0.29) is 18.8 Å². The molecule has 110 valence electrons. The molecule has 0 amide bonds. The molecule has 1 aliphatic rings. The number of rotatable bonds is 6. The van der Waals surface area contributed by atoms with Crippen molar-refractivity contribution >= 4 is 5.78 Å². The summed E-state index contributed by atoms with van der Waals surface area (Å²) >= 11 is 0. The first-order valence-electron chi connectivity index (χ1n) is 6.64. The highest BCUT2D eigenvalue weighted by atomic mass is 16.7. The second-order valence-corrected chi connectivity index (χ2v) is 5.29. The largest absolute Gasteiger partial charge is 0.374 e. The smallest absolute Gasteiger partial charge is 0.169 e. The first kappa shape index (κ1) is 15.1. The van der Waals surface area contributed by atoms with Crippen molar-refractivity contribution in [2.24, 2.45) is 0 Å². The quantitative estimate of drug-likeness (QED) is 0.802. The van der Waals surface area contributed by atoms with Gasteiger partial charge in [0.1, 0.15) is 6.10 Å². The second kappa shape index (κ2) is 6.45. The fourth-order valence-electron chi connectivity index (χ4n) is 1.98. The Balaban J connectivity index is 1.75. The van der Waals surface area contributed by atoms with Crippen LogP contribution >= 0.6 is 0 Å². The lowest BCUT2D eigenvalue weighted by Crippen LogP contribution is -2.30. The van der Waals surface area contributed by atoms with Gasteiger partial charge in [-0.25, -0.2) is 0 Å². The maximum absolute atomic E-state index is 11.7. The summed E-state index contributed by atoms with van der Waals surface area (Å²) < 4.78 is 16.1. The predicted molar refractivity (Wildman–Crippen MR) is 71.8 cm³/mol. The Morgan fingerprint density at radius 1 is 1.35 bits per heavy atom. The van der Waals surface area contributed by atoms with E-state index in [0.29, 0.717) is 6.61 Å². The van der Waals surface area contributed by atoms with Crippen LogP contribution in [0.25, 0.3) is 0 Å². The van der Waals surface area contributed by atoms with Gasteiger partial charge < -0.3 is 19.3 Å². The van der Waals surface area contributed by atoms with Gasteiger partial charge in [0.15, 0.2) is 17.9 Å². The topological polar surface area (TPSA) is 65.0 Å². The molecule has 1 aromatic rings. The minimum absolute atomic E-state index is 0.0627. The number of ether oxygens (including phenoxy) is 3. The van der Waals surface area contributed by atoms with Gasteiger partial charge in [-0.15, -0.1) is 0 Å². The van der Waals surface area contributed by atoms with Gasteiger partial charge in [0.2, 0.25) is 0 Å². The average molecular weight is 280 g/mol. The van der Waals surface area contributed by atoms with Gasteiger partial charge in [-0.3, -0.25) is 4.79 Å². The molecule has 1 heterocycles. The molecule has 0 unspecified atom stereocenters. The van der Waals surface area contributed by atoms with E-state index in [4.69, 9.17) is 14.2 Å². The molecule has 1 aromatic carbocycles. The molecule has 5 heteroatoms. The number of ketones is 1.